The predicted molar refractivity (Wildman–Crippen MR) is 123 cm³/mol. The highest BCUT2D eigenvalue weighted by molar-refractivity contribution is 7.85. The molecule has 3 heterocycles. The normalized spacial score (nSPS) is 26.3. The van der Waals surface area contributed by atoms with Gasteiger partial charge < -0.3 is 15.3 Å². The van der Waals surface area contributed by atoms with E-state index in [4.69, 9.17) is 11.6 Å². The van der Waals surface area contributed by atoms with Gasteiger partial charge in [0.05, 0.1) is 28.7 Å². The van der Waals surface area contributed by atoms with Crippen molar-refractivity contribution in [1.82, 2.24) is 9.97 Å². The number of anilines is 2. The number of nitrogens with zero attached hydrogens (tertiary/aromatic N) is 3. The predicted octanol–water partition coefficient (Wildman–Crippen LogP) is 4.05. The van der Waals surface area contributed by atoms with Crippen LogP contribution in [0.3, 0.4) is 0 Å². The van der Waals surface area contributed by atoms with Crippen LogP contribution in [0.4, 0.5) is 20.5 Å². The van der Waals surface area contributed by atoms with E-state index in [2.05, 4.69) is 27.4 Å². The number of nitrogens with one attached hydrogen (secondary N) is 1. The van der Waals surface area contributed by atoms with Gasteiger partial charge in [0.2, 0.25) is 5.95 Å². The number of rotatable bonds is 5. The number of benzene rings is 1. The van der Waals surface area contributed by atoms with Gasteiger partial charge in [-0.05, 0) is 55.7 Å². The molecule has 1 aromatic heterocycles. The van der Waals surface area contributed by atoms with Crippen molar-refractivity contribution in [2.75, 3.05) is 35.7 Å². The molecule has 0 amide bonds. The Morgan fingerprint density at radius 2 is 1.88 bits per heavy atom. The maximum atomic E-state index is 14.7. The van der Waals surface area contributed by atoms with E-state index in [0.717, 1.165) is 50.2 Å². The van der Waals surface area contributed by atoms with Crippen LogP contribution >= 0.6 is 11.6 Å². The molecule has 6 rings (SSSR count). The lowest BCUT2D eigenvalue weighted by Gasteiger charge is -2.59. The fraction of sp³-hybridized carbons (Fsp3) is 0.565. The minimum Gasteiger partial charge on any atom is -0.394 e. The average molecular weight is 495 g/mol. The molecule has 1 aromatic carbocycles. The van der Waals surface area contributed by atoms with Crippen molar-refractivity contribution in [3.05, 3.63) is 40.5 Å². The minimum atomic E-state index is -3.25. The van der Waals surface area contributed by atoms with Crippen molar-refractivity contribution in [2.45, 2.75) is 54.4 Å². The fourth-order valence-corrected chi connectivity index (χ4v) is 7.19. The molecule has 1 atom stereocenters. The van der Waals surface area contributed by atoms with Crippen LogP contribution in [0.5, 0.6) is 0 Å². The molecule has 0 unspecified atom stereocenters. The molecule has 2 aliphatic carbocycles. The van der Waals surface area contributed by atoms with Gasteiger partial charge in [-0.15, -0.1) is 0 Å². The lowest BCUT2D eigenvalue weighted by molar-refractivity contribution is 0.0187. The summed E-state index contributed by atoms with van der Waals surface area (Å²) in [4.78, 5) is 10.7. The molecule has 6 nitrogen and oxygen atoms in total. The Morgan fingerprint density at radius 1 is 1.18 bits per heavy atom. The van der Waals surface area contributed by atoms with Crippen LogP contribution in [0.2, 0.25) is 5.02 Å². The van der Waals surface area contributed by atoms with Gasteiger partial charge >= 0.3 is 5.92 Å². The van der Waals surface area contributed by atoms with Gasteiger partial charge in [0, 0.05) is 23.5 Å². The zero-order valence-electron chi connectivity index (χ0n) is 18.0. The summed E-state index contributed by atoms with van der Waals surface area (Å²) in [6, 6.07) is 7.95. The van der Waals surface area contributed by atoms with Gasteiger partial charge in [-0.1, -0.05) is 23.7 Å². The van der Waals surface area contributed by atoms with Gasteiger partial charge in [0.15, 0.2) is 0 Å². The molecule has 2 N–H and O–H groups in total. The van der Waals surface area contributed by atoms with Crippen molar-refractivity contribution in [3.8, 4) is 0 Å². The Morgan fingerprint density at radius 3 is 2.48 bits per heavy atom. The second kappa shape index (κ2) is 7.33. The summed E-state index contributed by atoms with van der Waals surface area (Å²) < 4.78 is 41.8. The van der Waals surface area contributed by atoms with Crippen LogP contribution in [-0.4, -0.2) is 50.3 Å². The van der Waals surface area contributed by atoms with Crippen LogP contribution in [-0.2, 0) is 16.7 Å². The second-order valence-corrected chi connectivity index (χ2v) is 12.0. The highest BCUT2D eigenvalue weighted by Gasteiger charge is 2.55. The Hall–Kier alpha value is -1.84. The maximum absolute atomic E-state index is 14.7. The quantitative estimate of drug-likeness (QED) is 0.653. The monoisotopic (exact) mass is 494 g/mol. The number of hydrogen-bond donors (Lipinski definition) is 2. The SMILES string of the molecule is O=[S@@]1CC(F)(F)c2nc(N3CC4(CC(c5ccc(Cl)cc5)C4)C3)nc(NC3(CO)CCC3)c21. The molecule has 2 aliphatic heterocycles. The van der Waals surface area contributed by atoms with Gasteiger partial charge in [-0.2, -0.15) is 13.8 Å². The Kier molecular flexibility index (Phi) is 4.81. The van der Waals surface area contributed by atoms with E-state index in [9.17, 15) is 18.1 Å². The zero-order valence-corrected chi connectivity index (χ0v) is 19.6. The molecule has 33 heavy (non-hydrogen) atoms. The number of halogens is 3. The van der Waals surface area contributed by atoms with Gasteiger partial charge in [0.1, 0.15) is 16.4 Å². The van der Waals surface area contributed by atoms with Crippen molar-refractivity contribution >= 4 is 34.2 Å². The van der Waals surface area contributed by atoms with Crippen LogP contribution in [0, 0.1) is 5.41 Å². The summed E-state index contributed by atoms with van der Waals surface area (Å²) in [7, 11) is -1.88. The molecule has 2 saturated carbocycles. The number of hydrogen-bond acceptors (Lipinski definition) is 6. The topological polar surface area (TPSA) is 78.4 Å². The zero-order chi connectivity index (χ0) is 23.0. The number of aromatic nitrogens is 2. The molecule has 2 aromatic rings. The second-order valence-electron chi connectivity index (χ2n) is 10.2. The van der Waals surface area contributed by atoms with Gasteiger partial charge in [0.25, 0.3) is 0 Å². The lowest BCUT2D eigenvalue weighted by Crippen LogP contribution is -2.62. The Bertz CT molecular complexity index is 1120. The average Bonchev–Trinajstić information content (AvgIpc) is 2.92. The molecule has 4 aliphatic rings. The fourth-order valence-electron chi connectivity index (χ4n) is 5.73. The first-order chi connectivity index (χ1) is 15.7. The molecule has 1 spiro atoms. The molecule has 176 valence electrons. The number of aliphatic hydroxyl groups excluding tert-OH is 1. The molecular weight excluding hydrogens is 470 g/mol. The molecule has 3 fully saturated rings. The largest absolute Gasteiger partial charge is 0.394 e. The number of fused-ring (bicyclic) bond motifs is 1. The van der Waals surface area contributed by atoms with E-state index in [0.29, 0.717) is 5.92 Å². The summed E-state index contributed by atoms with van der Waals surface area (Å²) in [5.41, 5.74) is 0.415. The van der Waals surface area contributed by atoms with Crippen molar-refractivity contribution in [2.24, 2.45) is 5.41 Å². The van der Waals surface area contributed by atoms with E-state index in [1.54, 1.807) is 0 Å². The molecular formula is C23H25ClF2N4O2S. The van der Waals surface area contributed by atoms with E-state index < -0.39 is 33.7 Å². The Labute approximate surface area is 198 Å². The van der Waals surface area contributed by atoms with E-state index in [1.807, 2.05) is 17.0 Å². The van der Waals surface area contributed by atoms with Crippen molar-refractivity contribution in [1.29, 1.82) is 0 Å². The molecule has 1 saturated heterocycles. The van der Waals surface area contributed by atoms with Crippen LogP contribution in [0.25, 0.3) is 0 Å². The van der Waals surface area contributed by atoms with Gasteiger partial charge in [-0.3, -0.25) is 4.21 Å². The first kappa shape index (κ1) is 21.7. The van der Waals surface area contributed by atoms with Crippen molar-refractivity contribution < 1.29 is 18.1 Å². The van der Waals surface area contributed by atoms with E-state index in [1.165, 1.54) is 5.56 Å². The van der Waals surface area contributed by atoms with Gasteiger partial charge in [-0.25, -0.2) is 4.98 Å². The lowest BCUT2D eigenvalue weighted by atomic mass is 9.56. The minimum absolute atomic E-state index is 0.00911. The summed E-state index contributed by atoms with van der Waals surface area (Å²) >= 11 is 5.99. The first-order valence-electron chi connectivity index (χ1n) is 11.3. The van der Waals surface area contributed by atoms with Crippen molar-refractivity contribution in [3.63, 3.8) is 0 Å². The molecule has 10 heteroatoms. The smallest absolute Gasteiger partial charge is 0.302 e. The summed E-state index contributed by atoms with van der Waals surface area (Å²) in [6.45, 7) is 1.31. The Balaban J connectivity index is 1.23. The molecule has 0 bridgehead atoms. The maximum Gasteiger partial charge on any atom is 0.302 e. The summed E-state index contributed by atoms with van der Waals surface area (Å²) in [5, 5.41) is 13.7. The third-order valence-corrected chi connectivity index (χ3v) is 9.49. The number of alkyl halides is 2. The standard InChI is InChI=1S/C23H25ClF2N4O2S/c24-16-4-2-14(3-5-16)15-8-21(9-15)10-30(11-21)20-27-18-17(33(32)13-23(18,25)26)19(28-20)29-22(12-31)6-1-7-22/h2-5,15,31H,1,6-13H2,(H,27,28,29)/t33-/m1/s1. The highest BCUT2D eigenvalue weighted by Crippen LogP contribution is 2.57. The third kappa shape index (κ3) is 3.46. The third-order valence-electron chi connectivity index (χ3n) is 7.77. The summed E-state index contributed by atoms with van der Waals surface area (Å²) in [6.07, 6.45) is 4.46. The summed E-state index contributed by atoms with van der Waals surface area (Å²) in [5.74, 6) is -3.10. The van der Waals surface area contributed by atoms with E-state index >= 15 is 0 Å². The molecule has 0 radical (unpaired) electrons. The van der Waals surface area contributed by atoms with E-state index in [-0.39, 0.29) is 28.7 Å². The van der Waals surface area contributed by atoms with Crippen LogP contribution in [0.15, 0.2) is 29.2 Å². The number of aliphatic hydroxyl groups is 1. The highest BCUT2D eigenvalue weighted by atomic mass is 35.5. The van der Waals surface area contributed by atoms with Crippen LogP contribution < -0.4 is 10.2 Å². The first-order valence-corrected chi connectivity index (χ1v) is 13.0. The van der Waals surface area contributed by atoms with Crippen LogP contribution in [0.1, 0.15) is 49.3 Å².